The Kier molecular flexibility index (Phi) is 38.8. The fraction of sp³-hybridized carbons (Fsp3) is 0.588. The van der Waals surface area contributed by atoms with Crippen LogP contribution in [0.3, 0.4) is 0 Å². The molecule has 0 aromatic heterocycles. The summed E-state index contributed by atoms with van der Waals surface area (Å²) in [5, 5.41) is 24.6. The highest BCUT2D eigenvalue weighted by Gasteiger charge is 2.31. The summed E-state index contributed by atoms with van der Waals surface area (Å²) in [5.41, 5.74) is 0. The van der Waals surface area contributed by atoms with Crippen molar-refractivity contribution >= 4 is 13.7 Å². The van der Waals surface area contributed by atoms with Gasteiger partial charge in [0.15, 0.2) is 0 Å². The molecule has 0 bridgehead atoms. The first kappa shape index (κ1) is 57.9. The summed E-state index contributed by atoms with van der Waals surface area (Å²) in [5.74, 6) is -0.314. The van der Waals surface area contributed by atoms with Crippen LogP contribution in [0.2, 0.25) is 0 Å². The van der Waals surface area contributed by atoms with Crippen molar-refractivity contribution in [3.05, 3.63) is 122 Å². The Morgan fingerprint density at radius 3 is 1.54 bits per heavy atom. The minimum absolute atomic E-state index is 0.00244. The molecule has 0 rings (SSSR count). The zero-order valence-electron chi connectivity index (χ0n) is 38.7. The highest BCUT2D eigenvalue weighted by molar-refractivity contribution is 7.47. The van der Waals surface area contributed by atoms with Crippen molar-refractivity contribution in [2.45, 2.75) is 154 Å². The van der Waals surface area contributed by atoms with Gasteiger partial charge < -0.3 is 24.9 Å². The number of nitrogens with one attached hydrogen (secondary N) is 1. The average Bonchev–Trinajstić information content (AvgIpc) is 3.21. The third kappa shape index (κ3) is 42.0. The first-order valence-corrected chi connectivity index (χ1v) is 24.4. The molecule has 0 heterocycles. The maximum absolute atomic E-state index is 12.9. The van der Waals surface area contributed by atoms with Crippen molar-refractivity contribution in [2.24, 2.45) is 0 Å². The SMILES string of the molecule is C/C=C/CC/C=C/CC/C=C/CCCC(O)C(O)C(COP(=O)(O)OCC[N+](C)(C)C)NC(=O)CCCCC/C=C\C/C=C\C/C=C\C/C=C\C/C=C\C/C=C\C/C=C\CC. The largest absolute Gasteiger partial charge is 0.472 e. The van der Waals surface area contributed by atoms with Gasteiger partial charge in [0.1, 0.15) is 19.3 Å². The molecular formula is C51H86N2O7P+. The van der Waals surface area contributed by atoms with Crippen molar-refractivity contribution in [1.82, 2.24) is 5.32 Å². The number of aliphatic hydroxyl groups excluding tert-OH is 2. The monoisotopic (exact) mass is 870 g/mol. The Hall–Kier alpha value is -3.14. The van der Waals surface area contributed by atoms with E-state index in [9.17, 15) is 24.5 Å². The number of nitrogens with zero attached hydrogens (tertiary/aromatic N) is 1. The third-order valence-corrected chi connectivity index (χ3v) is 10.3. The van der Waals surface area contributed by atoms with Crippen LogP contribution in [0.5, 0.6) is 0 Å². The minimum Gasteiger partial charge on any atom is -0.390 e. The normalized spacial score (nSPS) is 15.9. The number of hydrogen-bond acceptors (Lipinski definition) is 6. The lowest BCUT2D eigenvalue weighted by Gasteiger charge is -2.28. The predicted octanol–water partition coefficient (Wildman–Crippen LogP) is 12.0. The lowest BCUT2D eigenvalue weighted by Crippen LogP contribution is -2.51. The van der Waals surface area contributed by atoms with Gasteiger partial charge in [-0.05, 0) is 116 Å². The second-order valence-electron chi connectivity index (χ2n) is 16.2. The second kappa shape index (κ2) is 40.9. The Morgan fingerprint density at radius 2 is 1.05 bits per heavy atom. The van der Waals surface area contributed by atoms with Gasteiger partial charge in [0, 0.05) is 6.42 Å². The van der Waals surface area contributed by atoms with Crippen molar-refractivity contribution in [1.29, 1.82) is 0 Å². The third-order valence-electron chi connectivity index (χ3n) is 9.34. The summed E-state index contributed by atoms with van der Waals surface area (Å²) >= 11 is 0. The Labute approximate surface area is 372 Å². The van der Waals surface area contributed by atoms with E-state index >= 15 is 0 Å². The van der Waals surface area contributed by atoms with Crippen molar-refractivity contribution in [3.63, 3.8) is 0 Å². The number of carbonyl (C=O) groups excluding carboxylic acids is 1. The first-order valence-electron chi connectivity index (χ1n) is 23.0. The molecule has 9 nitrogen and oxygen atoms in total. The molecule has 0 radical (unpaired) electrons. The van der Waals surface area contributed by atoms with Crippen LogP contribution in [0.15, 0.2) is 122 Å². The number of phosphoric acid groups is 1. The number of phosphoric ester groups is 1. The van der Waals surface area contributed by atoms with E-state index in [1.54, 1.807) is 0 Å². The van der Waals surface area contributed by atoms with Crippen molar-refractivity contribution in [2.75, 3.05) is 40.9 Å². The topological polar surface area (TPSA) is 125 Å². The molecule has 4 unspecified atom stereocenters. The number of hydrogen-bond donors (Lipinski definition) is 4. The van der Waals surface area contributed by atoms with E-state index < -0.39 is 32.7 Å². The number of likely N-dealkylation sites (N-methyl/N-ethyl adjacent to an activating group) is 1. The smallest absolute Gasteiger partial charge is 0.390 e. The molecule has 346 valence electrons. The minimum atomic E-state index is -4.45. The van der Waals surface area contributed by atoms with Gasteiger partial charge in [0.25, 0.3) is 0 Å². The molecule has 0 spiro atoms. The fourth-order valence-electron chi connectivity index (χ4n) is 5.69. The highest BCUT2D eigenvalue weighted by atomic mass is 31.2. The molecule has 0 aromatic carbocycles. The highest BCUT2D eigenvalue weighted by Crippen LogP contribution is 2.43. The number of quaternary nitrogens is 1. The van der Waals surface area contributed by atoms with E-state index in [1.165, 1.54) is 0 Å². The summed E-state index contributed by atoms with van der Waals surface area (Å²) < 4.78 is 23.5. The van der Waals surface area contributed by atoms with Crippen LogP contribution in [-0.2, 0) is 18.4 Å². The lowest BCUT2D eigenvalue weighted by molar-refractivity contribution is -0.870. The quantitative estimate of drug-likeness (QED) is 0.0210. The van der Waals surface area contributed by atoms with Gasteiger partial charge in [-0.3, -0.25) is 13.8 Å². The number of unbranched alkanes of at least 4 members (excludes halogenated alkanes) is 6. The Bertz CT molecular complexity index is 1420. The van der Waals surface area contributed by atoms with E-state index in [-0.39, 0.29) is 18.9 Å². The van der Waals surface area contributed by atoms with Gasteiger partial charge in [-0.1, -0.05) is 135 Å². The molecule has 0 aromatic rings. The summed E-state index contributed by atoms with van der Waals surface area (Å²) in [6, 6.07) is -1.09. The molecule has 61 heavy (non-hydrogen) atoms. The Morgan fingerprint density at radius 1 is 0.607 bits per heavy atom. The lowest BCUT2D eigenvalue weighted by atomic mass is 10.0. The summed E-state index contributed by atoms with van der Waals surface area (Å²) in [6.07, 6.45) is 57.1. The van der Waals surface area contributed by atoms with Gasteiger partial charge in [-0.25, -0.2) is 4.57 Å². The molecule has 0 aliphatic rings. The van der Waals surface area contributed by atoms with Gasteiger partial charge >= 0.3 is 7.82 Å². The molecule has 0 aliphatic carbocycles. The molecular weight excluding hydrogens is 784 g/mol. The van der Waals surface area contributed by atoms with Gasteiger partial charge in [-0.2, -0.15) is 0 Å². The van der Waals surface area contributed by atoms with Crippen LogP contribution in [0.4, 0.5) is 0 Å². The van der Waals surface area contributed by atoms with E-state index in [1.807, 2.05) is 28.1 Å². The zero-order chi connectivity index (χ0) is 45.1. The summed E-state index contributed by atoms with van der Waals surface area (Å²) in [6.45, 7) is 4.18. The molecule has 1 amide bonds. The van der Waals surface area contributed by atoms with Crippen LogP contribution in [-0.4, -0.2) is 84.6 Å². The predicted molar refractivity (Wildman–Crippen MR) is 259 cm³/mol. The van der Waals surface area contributed by atoms with Gasteiger partial charge in [-0.15, -0.1) is 0 Å². The summed E-state index contributed by atoms with van der Waals surface area (Å²) in [7, 11) is 1.35. The maximum Gasteiger partial charge on any atom is 0.472 e. The molecule has 0 aliphatic heterocycles. The number of allylic oxidation sites excluding steroid dienone is 20. The standard InChI is InChI=1S/C51H85N2O7P/c1-6-8-10-12-14-16-18-20-21-22-23-24-25-26-27-28-29-30-31-32-34-36-38-40-42-44-50(55)52-48(47-60-61(57,58)59-46-45-53(3,4)5)51(56)49(54)43-41-39-37-35-33-19-17-15-13-11-9-7-2/h7-10,14-17,20-21,23-24,26-27,29-30,32,34-35,37,48-49,51,54,56H,6,11-13,18-19,22,25,28,31,33,36,38-47H2,1-5H3,(H-,52,55,57,58)/p+1/b9-7+,10-8-,16-14-,17-15+,21-20-,24-23-,27-26-,30-29-,34-32-,37-35+. The van der Waals surface area contributed by atoms with E-state index in [4.69, 9.17) is 9.05 Å². The zero-order valence-corrected chi connectivity index (χ0v) is 39.6. The van der Waals surface area contributed by atoms with Gasteiger partial charge in [0.05, 0.1) is 39.9 Å². The summed E-state index contributed by atoms with van der Waals surface area (Å²) in [4.78, 5) is 23.2. The van der Waals surface area contributed by atoms with Crippen LogP contribution < -0.4 is 5.32 Å². The molecule has 0 saturated carbocycles. The van der Waals surface area contributed by atoms with Crippen molar-refractivity contribution in [3.8, 4) is 0 Å². The number of carbonyl (C=O) groups is 1. The van der Waals surface area contributed by atoms with Crippen LogP contribution in [0.25, 0.3) is 0 Å². The number of amides is 1. The van der Waals surface area contributed by atoms with E-state index in [2.05, 4.69) is 134 Å². The van der Waals surface area contributed by atoms with E-state index in [0.29, 0.717) is 30.3 Å². The average molecular weight is 870 g/mol. The molecule has 4 N–H and O–H groups in total. The maximum atomic E-state index is 12.9. The van der Waals surface area contributed by atoms with Gasteiger partial charge in [0.2, 0.25) is 5.91 Å². The van der Waals surface area contributed by atoms with E-state index in [0.717, 1.165) is 96.3 Å². The second-order valence-corrected chi connectivity index (χ2v) is 17.6. The fourth-order valence-corrected chi connectivity index (χ4v) is 6.42. The van der Waals surface area contributed by atoms with Crippen molar-refractivity contribution < 1.29 is 38.0 Å². The van der Waals surface area contributed by atoms with Crippen LogP contribution >= 0.6 is 7.82 Å². The number of aliphatic hydroxyl groups is 2. The molecule has 10 heteroatoms. The molecule has 0 fully saturated rings. The Balaban J connectivity index is 4.56. The number of rotatable bonds is 39. The molecule has 4 atom stereocenters. The van der Waals surface area contributed by atoms with Crippen LogP contribution in [0.1, 0.15) is 136 Å². The molecule has 0 saturated heterocycles. The van der Waals surface area contributed by atoms with Crippen LogP contribution in [0, 0.1) is 0 Å². The first-order chi connectivity index (χ1) is 29.4.